The monoisotopic (exact) mass is 499 g/mol. The van der Waals surface area contributed by atoms with Crippen LogP contribution in [0, 0.1) is 0 Å². The Kier molecular flexibility index (Phi) is 9.20. The van der Waals surface area contributed by atoms with Gasteiger partial charge < -0.3 is 20.1 Å². The van der Waals surface area contributed by atoms with Gasteiger partial charge in [-0.2, -0.15) is 5.10 Å². The molecule has 2 N–H and O–H groups in total. The molecule has 0 radical (unpaired) electrons. The number of ether oxygens (including phenoxy) is 1. The van der Waals surface area contributed by atoms with Crippen LogP contribution in [0.4, 0.5) is 0 Å². The number of aliphatic hydroxyl groups excluding tert-OH is 1. The van der Waals surface area contributed by atoms with Gasteiger partial charge in [0.15, 0.2) is 5.96 Å². The van der Waals surface area contributed by atoms with E-state index in [0.29, 0.717) is 26.1 Å². The Morgan fingerprint density at radius 1 is 1.39 bits per heavy atom. The van der Waals surface area contributed by atoms with Gasteiger partial charge in [0, 0.05) is 38.3 Å². The van der Waals surface area contributed by atoms with Crippen molar-refractivity contribution in [2.75, 3.05) is 32.8 Å². The van der Waals surface area contributed by atoms with E-state index in [9.17, 15) is 5.11 Å². The highest BCUT2D eigenvalue weighted by Crippen LogP contribution is 2.21. The second kappa shape index (κ2) is 11.4. The van der Waals surface area contributed by atoms with Gasteiger partial charge in [-0.1, -0.05) is 30.3 Å². The summed E-state index contributed by atoms with van der Waals surface area (Å²) in [6, 6.07) is 10.0. The van der Waals surface area contributed by atoms with Crippen LogP contribution in [0.5, 0.6) is 0 Å². The van der Waals surface area contributed by atoms with E-state index in [1.165, 1.54) is 0 Å². The van der Waals surface area contributed by atoms with Crippen molar-refractivity contribution in [2.24, 2.45) is 12.0 Å². The Balaban J connectivity index is 0.00000280. The lowest BCUT2D eigenvalue weighted by Crippen LogP contribution is -2.48. The number of aromatic nitrogens is 2. The van der Waals surface area contributed by atoms with Crippen LogP contribution in [-0.4, -0.2) is 64.6 Å². The molecule has 2 atom stereocenters. The van der Waals surface area contributed by atoms with Gasteiger partial charge in [-0.25, -0.2) is 0 Å². The van der Waals surface area contributed by atoms with E-state index in [-0.39, 0.29) is 30.1 Å². The molecule has 0 spiro atoms. The Labute approximate surface area is 183 Å². The van der Waals surface area contributed by atoms with Gasteiger partial charge in [0.1, 0.15) is 6.10 Å². The summed E-state index contributed by atoms with van der Waals surface area (Å²) in [6.45, 7) is 5.32. The van der Waals surface area contributed by atoms with Gasteiger partial charge in [0.2, 0.25) is 0 Å². The topological polar surface area (TPSA) is 74.9 Å². The van der Waals surface area contributed by atoms with E-state index in [2.05, 4.69) is 27.2 Å². The molecule has 1 fully saturated rings. The van der Waals surface area contributed by atoms with Gasteiger partial charge in [0.25, 0.3) is 0 Å². The van der Waals surface area contributed by atoms with E-state index >= 15 is 0 Å². The van der Waals surface area contributed by atoms with E-state index in [0.717, 1.165) is 30.2 Å². The Morgan fingerprint density at radius 2 is 2.18 bits per heavy atom. The van der Waals surface area contributed by atoms with Crippen molar-refractivity contribution in [3.8, 4) is 0 Å². The normalized spacial score (nSPS) is 18.5. The minimum Gasteiger partial charge on any atom is -0.391 e. The molecule has 8 heteroatoms. The molecule has 2 unspecified atom stereocenters. The molecular formula is C20H30IN5O2. The lowest BCUT2D eigenvalue weighted by atomic mass is 10.1. The van der Waals surface area contributed by atoms with Crippen molar-refractivity contribution in [1.82, 2.24) is 20.0 Å². The number of morpholine rings is 1. The molecule has 1 saturated heterocycles. The first-order valence-electron chi connectivity index (χ1n) is 9.51. The highest BCUT2D eigenvalue weighted by Gasteiger charge is 2.25. The van der Waals surface area contributed by atoms with Gasteiger partial charge >= 0.3 is 0 Å². The van der Waals surface area contributed by atoms with Crippen LogP contribution in [0.25, 0.3) is 0 Å². The summed E-state index contributed by atoms with van der Waals surface area (Å²) in [5.74, 6) is 0.821. The minimum absolute atomic E-state index is 0. The lowest BCUT2D eigenvalue weighted by molar-refractivity contribution is -0.00810. The molecule has 28 heavy (non-hydrogen) atoms. The van der Waals surface area contributed by atoms with Crippen molar-refractivity contribution in [2.45, 2.75) is 25.6 Å². The third-order valence-corrected chi connectivity index (χ3v) is 4.56. The van der Waals surface area contributed by atoms with Crippen molar-refractivity contribution in [3.63, 3.8) is 0 Å². The molecule has 2 heterocycles. The minimum atomic E-state index is -0.504. The van der Waals surface area contributed by atoms with Crippen LogP contribution < -0.4 is 5.32 Å². The number of aryl methyl sites for hydroxylation is 1. The average Bonchev–Trinajstić information content (AvgIpc) is 3.12. The predicted octanol–water partition coefficient (Wildman–Crippen LogP) is 1.98. The van der Waals surface area contributed by atoms with Crippen LogP contribution in [0.2, 0.25) is 0 Å². The van der Waals surface area contributed by atoms with Crippen LogP contribution in [0.15, 0.2) is 47.7 Å². The van der Waals surface area contributed by atoms with E-state index in [1.807, 2.05) is 49.8 Å². The largest absolute Gasteiger partial charge is 0.391 e. The molecule has 154 valence electrons. The number of aliphatic imine (C=N–C) groups is 1. The van der Waals surface area contributed by atoms with Gasteiger partial charge in [-0.15, -0.1) is 24.0 Å². The smallest absolute Gasteiger partial charge is 0.194 e. The Hall–Kier alpha value is -1.65. The summed E-state index contributed by atoms with van der Waals surface area (Å²) in [5.41, 5.74) is 2.19. The van der Waals surface area contributed by atoms with Gasteiger partial charge in [-0.3, -0.25) is 9.67 Å². The summed E-state index contributed by atoms with van der Waals surface area (Å²) in [7, 11) is 1.91. The summed E-state index contributed by atoms with van der Waals surface area (Å²) in [5, 5.41) is 17.9. The number of nitrogens with zero attached hydrogens (tertiary/aromatic N) is 4. The molecule has 1 aliphatic heterocycles. The van der Waals surface area contributed by atoms with Crippen LogP contribution in [0.1, 0.15) is 24.2 Å². The fourth-order valence-electron chi connectivity index (χ4n) is 3.22. The maximum absolute atomic E-state index is 10.4. The van der Waals surface area contributed by atoms with Crippen LogP contribution in [-0.2, 0) is 18.2 Å². The first kappa shape index (κ1) is 22.6. The summed E-state index contributed by atoms with van der Waals surface area (Å²) < 4.78 is 7.70. The molecular weight excluding hydrogens is 469 g/mol. The predicted molar refractivity (Wildman–Crippen MR) is 121 cm³/mol. The quantitative estimate of drug-likeness (QED) is 0.361. The number of halogens is 1. The molecule has 7 nitrogen and oxygen atoms in total. The zero-order valence-electron chi connectivity index (χ0n) is 16.5. The zero-order chi connectivity index (χ0) is 19.1. The number of guanidine groups is 1. The standard InChI is InChI=1S/C20H29N5O2.HI/c1-3-21-20(22-13-18(26)11-16-7-5-4-6-8-16)25-9-10-27-19(15-25)17-12-23-24(2)14-17;/h4-8,12,14,18-19,26H,3,9-11,13,15H2,1-2H3,(H,21,22);1H. The maximum atomic E-state index is 10.4. The number of hydrogen-bond acceptors (Lipinski definition) is 4. The zero-order valence-corrected chi connectivity index (χ0v) is 18.8. The maximum Gasteiger partial charge on any atom is 0.194 e. The molecule has 1 aliphatic rings. The molecule has 0 saturated carbocycles. The van der Waals surface area contributed by atoms with Crippen molar-refractivity contribution >= 4 is 29.9 Å². The molecule has 3 rings (SSSR count). The third-order valence-electron chi connectivity index (χ3n) is 4.56. The van der Waals surface area contributed by atoms with Crippen molar-refractivity contribution in [1.29, 1.82) is 0 Å². The SMILES string of the molecule is CCNC(=NCC(O)Cc1ccccc1)N1CCOC(c2cnn(C)c2)C1.I. The van der Waals surface area contributed by atoms with Gasteiger partial charge in [-0.05, 0) is 12.5 Å². The summed E-state index contributed by atoms with van der Waals surface area (Å²) in [4.78, 5) is 6.87. The highest BCUT2D eigenvalue weighted by molar-refractivity contribution is 14.0. The molecule has 1 aromatic carbocycles. The van der Waals surface area contributed by atoms with Crippen LogP contribution in [0.3, 0.4) is 0 Å². The average molecular weight is 499 g/mol. The Bertz CT molecular complexity index is 737. The van der Waals surface area contributed by atoms with Crippen molar-refractivity contribution in [3.05, 3.63) is 53.9 Å². The summed E-state index contributed by atoms with van der Waals surface area (Å²) >= 11 is 0. The van der Waals surface area contributed by atoms with Crippen molar-refractivity contribution < 1.29 is 9.84 Å². The van der Waals surface area contributed by atoms with Gasteiger partial charge in [0.05, 0.1) is 32.0 Å². The molecule has 0 bridgehead atoms. The number of benzene rings is 1. The molecule has 1 aromatic heterocycles. The number of hydrogen-bond donors (Lipinski definition) is 2. The first-order valence-corrected chi connectivity index (χ1v) is 9.51. The number of nitrogens with one attached hydrogen (secondary N) is 1. The number of rotatable bonds is 6. The highest BCUT2D eigenvalue weighted by atomic mass is 127. The second-order valence-corrected chi connectivity index (χ2v) is 6.79. The first-order chi connectivity index (χ1) is 13.2. The number of aliphatic hydroxyl groups is 1. The van der Waals surface area contributed by atoms with Crippen LogP contribution >= 0.6 is 24.0 Å². The van der Waals surface area contributed by atoms with E-state index in [4.69, 9.17) is 4.74 Å². The Morgan fingerprint density at radius 3 is 2.86 bits per heavy atom. The molecule has 0 amide bonds. The fraction of sp³-hybridized carbons (Fsp3) is 0.500. The second-order valence-electron chi connectivity index (χ2n) is 6.79. The third kappa shape index (κ3) is 6.46. The molecule has 0 aliphatic carbocycles. The summed E-state index contributed by atoms with van der Waals surface area (Å²) in [6.07, 6.45) is 3.91. The molecule has 2 aromatic rings. The van der Waals surface area contributed by atoms with E-state index in [1.54, 1.807) is 4.68 Å². The fourth-order valence-corrected chi connectivity index (χ4v) is 3.22. The lowest BCUT2D eigenvalue weighted by Gasteiger charge is -2.35. The van der Waals surface area contributed by atoms with E-state index < -0.39 is 6.10 Å².